The second-order valence-electron chi connectivity index (χ2n) is 4.75. The van der Waals surface area contributed by atoms with Crippen molar-refractivity contribution in [1.29, 1.82) is 0 Å². The zero-order chi connectivity index (χ0) is 19.9. The molecule has 0 heterocycles. The minimum atomic E-state index is -0.0397. The van der Waals surface area contributed by atoms with Crippen LogP contribution < -0.4 is 13.4 Å². The molecule has 0 fully saturated rings. The molecule has 0 bridgehead atoms. The number of carbonyl (C=O) groups is 1. The van der Waals surface area contributed by atoms with Gasteiger partial charge >= 0.3 is 0 Å². The van der Waals surface area contributed by atoms with Crippen LogP contribution in [0.3, 0.4) is 0 Å². The second kappa shape index (κ2) is 14.3. The van der Waals surface area contributed by atoms with Gasteiger partial charge in [0, 0.05) is 5.56 Å². The highest BCUT2D eigenvalue weighted by Gasteiger charge is 2.14. The lowest BCUT2D eigenvalue weighted by Gasteiger charge is -2.10. The van der Waals surface area contributed by atoms with Gasteiger partial charge in [0.15, 0.2) is 5.78 Å². The largest absolute Gasteiger partial charge is 0.457 e. The maximum Gasteiger partial charge on any atom is 0.196 e. The molecule has 3 rings (SSSR count). The average Bonchev–Trinajstić information content (AvgIpc) is 2.71. The van der Waals surface area contributed by atoms with E-state index in [-0.39, 0.29) is 5.78 Å². The molecular formula is C19H16Cl4N2O2. The number of benzene rings is 3. The molecule has 0 aliphatic heterocycles. The van der Waals surface area contributed by atoms with Crippen molar-refractivity contribution in [2.75, 3.05) is 0 Å². The van der Waals surface area contributed by atoms with Crippen molar-refractivity contribution in [3.63, 3.8) is 0 Å². The van der Waals surface area contributed by atoms with E-state index in [2.05, 4.69) is 47.1 Å². The van der Waals surface area contributed by atoms with Crippen molar-refractivity contribution >= 4 is 52.9 Å². The van der Waals surface area contributed by atoms with Gasteiger partial charge in [-0.1, -0.05) is 60.7 Å². The van der Waals surface area contributed by atoms with Crippen LogP contribution in [0.25, 0.3) is 0 Å². The molecule has 0 amide bonds. The van der Waals surface area contributed by atoms with Crippen LogP contribution in [0.2, 0.25) is 0 Å². The number of hydrogen-bond donors (Lipinski definition) is 2. The summed E-state index contributed by atoms with van der Waals surface area (Å²) in [6.07, 6.45) is 0. The lowest BCUT2D eigenvalue weighted by Crippen LogP contribution is -2.03. The van der Waals surface area contributed by atoms with E-state index >= 15 is 0 Å². The maximum absolute atomic E-state index is 12.6. The predicted molar refractivity (Wildman–Crippen MR) is 113 cm³/mol. The highest BCUT2D eigenvalue weighted by Crippen LogP contribution is 2.26. The molecule has 4 nitrogen and oxygen atoms in total. The monoisotopic (exact) mass is 444 g/mol. The van der Waals surface area contributed by atoms with Crippen LogP contribution in [-0.2, 0) is 0 Å². The van der Waals surface area contributed by atoms with E-state index in [1.54, 1.807) is 14.8 Å². The highest BCUT2D eigenvalue weighted by atomic mass is 35.5. The molecule has 3 aromatic rings. The average molecular weight is 446 g/mol. The van der Waals surface area contributed by atoms with E-state index in [9.17, 15) is 4.79 Å². The van der Waals surface area contributed by atoms with E-state index in [4.69, 9.17) is 4.74 Å². The van der Waals surface area contributed by atoms with Crippen LogP contribution in [0.15, 0.2) is 84.9 Å². The molecule has 27 heavy (non-hydrogen) atoms. The smallest absolute Gasteiger partial charge is 0.196 e. The Morgan fingerprint density at radius 3 is 1.67 bits per heavy atom. The summed E-state index contributed by atoms with van der Waals surface area (Å²) >= 11 is 18.1. The Labute approximate surface area is 178 Å². The minimum absolute atomic E-state index is 0.0397. The number of hydrogen-bond acceptors (Lipinski definition) is 4. The molecular weight excluding hydrogens is 430 g/mol. The third kappa shape index (κ3) is 8.63. The normalized spacial score (nSPS) is 9.19. The third-order valence-electron chi connectivity index (χ3n) is 3.14. The summed E-state index contributed by atoms with van der Waals surface area (Å²) in [6.45, 7) is 0. The van der Waals surface area contributed by atoms with Crippen molar-refractivity contribution in [2.45, 2.75) is 0 Å². The maximum atomic E-state index is 12.6. The number of halogens is 4. The second-order valence-corrected chi connectivity index (χ2v) is 5.89. The molecule has 0 aromatic heterocycles. The Hall–Kier alpha value is -1.79. The van der Waals surface area contributed by atoms with Crippen molar-refractivity contribution in [3.8, 4) is 11.5 Å². The molecule has 8 heteroatoms. The highest BCUT2D eigenvalue weighted by molar-refractivity contribution is 6.34. The lowest BCUT2D eigenvalue weighted by atomic mass is 10.0. The van der Waals surface area contributed by atoms with Crippen molar-refractivity contribution in [3.05, 3.63) is 96.1 Å². The van der Waals surface area contributed by atoms with Crippen LogP contribution >= 0.6 is 47.1 Å². The van der Waals surface area contributed by atoms with Crippen LogP contribution in [-0.4, -0.2) is 5.78 Å². The van der Waals surface area contributed by atoms with Gasteiger partial charge in [-0.05, 0) is 71.4 Å². The number of ketones is 1. The first-order valence-corrected chi connectivity index (χ1v) is 9.03. The van der Waals surface area contributed by atoms with E-state index in [1.807, 2.05) is 78.9 Å². The van der Waals surface area contributed by atoms with Crippen LogP contribution in [0, 0.1) is 0 Å². The summed E-state index contributed by atoms with van der Waals surface area (Å²) in [4.78, 5) is 12.6. The van der Waals surface area contributed by atoms with E-state index in [0.717, 1.165) is 0 Å². The van der Waals surface area contributed by atoms with E-state index < -0.39 is 0 Å². The molecule has 2 N–H and O–H groups in total. The number of carbonyl (C=O) groups excluding carboxylic acids is 1. The molecule has 3 aromatic carbocycles. The van der Waals surface area contributed by atoms with E-state index in [0.29, 0.717) is 22.6 Å². The van der Waals surface area contributed by atoms with Gasteiger partial charge in [0.25, 0.3) is 0 Å². The predicted octanol–water partition coefficient (Wildman–Crippen LogP) is 6.48. The van der Waals surface area contributed by atoms with Crippen molar-refractivity contribution < 1.29 is 9.53 Å². The van der Waals surface area contributed by atoms with Gasteiger partial charge in [0.2, 0.25) is 0 Å². The Kier molecular flexibility index (Phi) is 12.3. The van der Waals surface area contributed by atoms with Crippen molar-refractivity contribution in [2.24, 2.45) is 0 Å². The topological polar surface area (TPSA) is 50.4 Å². The molecule has 142 valence electrons. The van der Waals surface area contributed by atoms with Gasteiger partial charge in [-0.3, -0.25) is 4.79 Å². The van der Waals surface area contributed by atoms with Crippen LogP contribution in [0.1, 0.15) is 15.9 Å². The molecule has 0 radical (unpaired) electrons. The van der Waals surface area contributed by atoms with Gasteiger partial charge in [-0.25, -0.2) is 0 Å². The minimum Gasteiger partial charge on any atom is -0.457 e. The van der Waals surface area contributed by atoms with Crippen molar-refractivity contribution in [1.82, 2.24) is 8.71 Å². The summed E-state index contributed by atoms with van der Waals surface area (Å²) in [7, 11) is 0. The molecule has 0 saturated carbocycles. The first-order chi connectivity index (χ1) is 13.2. The quantitative estimate of drug-likeness (QED) is 0.356. The molecule has 0 unspecified atom stereocenters. The van der Waals surface area contributed by atoms with Crippen LogP contribution in [0.5, 0.6) is 11.5 Å². The molecule has 0 aliphatic rings. The molecule has 0 saturated heterocycles. The summed E-state index contributed by atoms with van der Waals surface area (Å²) in [6, 6.07) is 26.0. The summed E-state index contributed by atoms with van der Waals surface area (Å²) in [5.74, 6) is 1.24. The summed E-state index contributed by atoms with van der Waals surface area (Å²) in [5.41, 5.74) is 1.22. The van der Waals surface area contributed by atoms with E-state index in [1.165, 1.54) is 0 Å². The molecule has 0 aliphatic carbocycles. The summed E-state index contributed by atoms with van der Waals surface area (Å²) < 4.78 is 9.22. The van der Waals surface area contributed by atoms with Gasteiger partial charge < -0.3 is 4.74 Å². The molecule has 0 spiro atoms. The number of ether oxygens (including phenoxy) is 1. The SMILES string of the molecule is ClNCl.ClNCl.O=C(c1ccccc1)c1ccccc1Oc1ccccc1. The fourth-order valence-electron chi connectivity index (χ4n) is 2.10. The van der Waals surface area contributed by atoms with Crippen LogP contribution in [0.4, 0.5) is 0 Å². The first kappa shape index (κ1) is 23.2. The van der Waals surface area contributed by atoms with Gasteiger partial charge in [-0.2, -0.15) is 0 Å². The first-order valence-electron chi connectivity index (χ1n) is 7.52. The number of para-hydroxylation sites is 2. The number of nitrogens with one attached hydrogen (secondary N) is 2. The fraction of sp³-hybridized carbons (Fsp3) is 0. The zero-order valence-electron chi connectivity index (χ0n) is 13.9. The fourth-order valence-corrected chi connectivity index (χ4v) is 2.10. The Balaban J connectivity index is 0.000000540. The zero-order valence-corrected chi connectivity index (χ0v) is 16.9. The number of rotatable bonds is 4. The molecule has 0 atom stereocenters. The standard InChI is InChI=1S/C19H14O2.2Cl2HN/c20-19(15-9-3-1-4-10-15)17-13-7-8-14-18(17)21-16-11-5-2-6-12-16;2*1-3-2/h1-14H;2*3H. The van der Waals surface area contributed by atoms with Gasteiger partial charge in [0.1, 0.15) is 11.5 Å². The lowest BCUT2D eigenvalue weighted by molar-refractivity contribution is 0.103. The Bertz CT molecular complexity index is 788. The Morgan fingerprint density at radius 2 is 1.11 bits per heavy atom. The summed E-state index contributed by atoms with van der Waals surface area (Å²) in [5, 5.41) is 0. The van der Waals surface area contributed by atoms with Gasteiger partial charge in [-0.15, -0.1) is 8.71 Å². The Morgan fingerprint density at radius 1 is 0.667 bits per heavy atom. The third-order valence-corrected chi connectivity index (χ3v) is 3.14. The van der Waals surface area contributed by atoms with Gasteiger partial charge in [0.05, 0.1) is 5.56 Å².